The van der Waals surface area contributed by atoms with Gasteiger partial charge >= 0.3 is 0 Å². The van der Waals surface area contributed by atoms with Gasteiger partial charge in [0.15, 0.2) is 22.4 Å². The van der Waals surface area contributed by atoms with Crippen LogP contribution in [0.3, 0.4) is 0 Å². The molecule has 2 aromatic heterocycles. The number of ketones is 2. The number of hydrogen-bond acceptors (Lipinski definition) is 4. The Kier molecular flexibility index (Phi) is 7.11. The molecule has 212 valence electrons. The largest absolute Gasteiger partial charge is 0.453 e. The highest BCUT2D eigenvalue weighted by atomic mass is 16.4. The van der Waals surface area contributed by atoms with Gasteiger partial charge in [0.1, 0.15) is 10.8 Å². The van der Waals surface area contributed by atoms with E-state index in [9.17, 15) is 9.59 Å². The average molecular weight is 541 g/mol. The molecule has 0 unspecified atom stereocenters. The summed E-state index contributed by atoms with van der Waals surface area (Å²) in [6.07, 6.45) is 7.83. The van der Waals surface area contributed by atoms with Gasteiger partial charge in [-0.15, -0.1) is 0 Å². The van der Waals surface area contributed by atoms with E-state index in [0.717, 1.165) is 33.4 Å². The molecule has 2 aliphatic rings. The van der Waals surface area contributed by atoms with Crippen LogP contribution >= 0.6 is 0 Å². The van der Waals surface area contributed by atoms with Crippen molar-refractivity contribution in [2.24, 2.45) is 21.7 Å². The minimum Gasteiger partial charge on any atom is -0.453 e. The first-order chi connectivity index (χ1) is 18.2. The topological polar surface area (TPSA) is 60.4 Å². The van der Waals surface area contributed by atoms with Gasteiger partial charge in [0, 0.05) is 33.4 Å². The lowest BCUT2D eigenvalue weighted by molar-refractivity contribution is -0.114. The fraction of sp³-hybridized carbons (Fsp3) is 0.444. The Bertz CT molecular complexity index is 1530. The highest BCUT2D eigenvalue weighted by Gasteiger charge is 2.35. The monoisotopic (exact) mass is 540 g/mol. The molecule has 0 aromatic carbocycles. The molecule has 0 amide bonds. The Morgan fingerprint density at radius 3 is 0.850 bits per heavy atom. The summed E-state index contributed by atoms with van der Waals surface area (Å²) in [4.78, 5) is 26.7. The van der Waals surface area contributed by atoms with E-state index in [1.807, 2.05) is 48.6 Å². The van der Waals surface area contributed by atoms with Crippen molar-refractivity contribution in [3.8, 4) is 0 Å². The Balaban J connectivity index is 1.96. The predicted octanol–water partition coefficient (Wildman–Crippen LogP) is 7.52. The van der Waals surface area contributed by atoms with Crippen LogP contribution in [0.1, 0.15) is 83.1 Å². The maximum atomic E-state index is 13.3. The van der Waals surface area contributed by atoms with Gasteiger partial charge in [-0.1, -0.05) is 83.1 Å². The molecule has 4 heteroatoms. The van der Waals surface area contributed by atoms with Gasteiger partial charge in [0.05, 0.1) is 0 Å². The Morgan fingerprint density at radius 2 is 0.625 bits per heavy atom. The van der Waals surface area contributed by atoms with Crippen LogP contribution in [0.15, 0.2) is 79.7 Å². The van der Waals surface area contributed by atoms with Crippen LogP contribution in [0.2, 0.25) is 0 Å². The molecule has 0 fully saturated rings. The fourth-order valence-corrected chi connectivity index (χ4v) is 5.02. The average Bonchev–Trinajstić information content (AvgIpc) is 3.46. The second kappa shape index (κ2) is 9.61. The van der Waals surface area contributed by atoms with Crippen LogP contribution in [0.5, 0.6) is 0 Å². The van der Waals surface area contributed by atoms with E-state index in [1.165, 1.54) is 0 Å². The smallest absolute Gasteiger partial charge is 0.186 e. The van der Waals surface area contributed by atoms with Crippen LogP contribution in [0.4, 0.5) is 0 Å². The lowest BCUT2D eigenvalue weighted by atomic mass is 9.72. The lowest BCUT2D eigenvalue weighted by Crippen LogP contribution is -2.28. The summed E-state index contributed by atoms with van der Waals surface area (Å²) in [6.45, 7) is 24.8. The number of rotatable bonds is 0. The van der Waals surface area contributed by atoms with E-state index in [2.05, 4.69) is 83.1 Å². The summed E-state index contributed by atoms with van der Waals surface area (Å²) in [5, 5.41) is 0. The maximum absolute atomic E-state index is 13.3. The van der Waals surface area contributed by atoms with Crippen molar-refractivity contribution in [3.05, 3.63) is 92.5 Å². The molecule has 40 heavy (non-hydrogen) atoms. The summed E-state index contributed by atoms with van der Waals surface area (Å²) in [6, 6.07) is 7.66. The molecule has 0 aliphatic heterocycles. The van der Waals surface area contributed by atoms with Gasteiger partial charge < -0.3 is 8.83 Å². The number of furan rings is 2. The molecule has 4 nitrogen and oxygen atoms in total. The zero-order valence-electron chi connectivity index (χ0n) is 26.3. The van der Waals surface area contributed by atoms with Crippen LogP contribution in [-0.4, -0.2) is 11.6 Å². The van der Waals surface area contributed by atoms with Gasteiger partial charge in [-0.05, 0) is 70.2 Å². The van der Waals surface area contributed by atoms with Crippen molar-refractivity contribution >= 4 is 22.7 Å². The standard InChI is InChI=1S/C36H44O4/c1-33(2,3)23-17-21(18-24(31(23)37)34(4,5)6)27-13-15-29(39-27)30-16-14-28(40-30)22-19-25(35(7,8)9)32(38)26(20-22)36(10,11)12/h13-20H,1-12H3/b30-29+. The first-order valence-electron chi connectivity index (χ1n) is 14.1. The quantitative estimate of drug-likeness (QED) is 0.347. The third-order valence-corrected chi connectivity index (χ3v) is 7.43. The van der Waals surface area contributed by atoms with E-state index < -0.39 is 0 Å². The zero-order valence-corrected chi connectivity index (χ0v) is 26.3. The Morgan fingerprint density at radius 1 is 0.400 bits per heavy atom. The van der Waals surface area contributed by atoms with Crippen LogP contribution in [-0.2, 0) is 9.59 Å². The second-order valence-electron chi connectivity index (χ2n) is 15.1. The van der Waals surface area contributed by atoms with Crippen molar-refractivity contribution in [2.45, 2.75) is 83.1 Å². The third kappa shape index (κ3) is 5.73. The molecular weight excluding hydrogens is 496 g/mol. The van der Waals surface area contributed by atoms with Gasteiger partial charge in [-0.25, -0.2) is 0 Å². The first-order valence-corrected chi connectivity index (χ1v) is 14.1. The first kappa shape index (κ1) is 29.6. The molecule has 2 heterocycles. The predicted molar refractivity (Wildman–Crippen MR) is 161 cm³/mol. The van der Waals surface area contributed by atoms with E-state index >= 15 is 0 Å². The SMILES string of the molecule is CC(C)(C)C1=CC(=c2cc/c(=c3/ccc(=C4C=C(C(C)(C)C)C(=O)C(C(C)(C)C)=C4)o3)o2)C=C(C(C)(C)C)C1=O. The highest BCUT2D eigenvalue weighted by molar-refractivity contribution is 6.15. The summed E-state index contributed by atoms with van der Waals surface area (Å²) < 4.78 is 12.6. The lowest BCUT2D eigenvalue weighted by Gasteiger charge is -2.31. The van der Waals surface area contributed by atoms with Gasteiger partial charge in [0.2, 0.25) is 0 Å². The van der Waals surface area contributed by atoms with Gasteiger partial charge in [-0.3, -0.25) is 9.59 Å². The van der Waals surface area contributed by atoms with Crippen molar-refractivity contribution in [1.29, 1.82) is 0 Å². The highest BCUT2D eigenvalue weighted by Crippen LogP contribution is 2.40. The molecule has 4 rings (SSSR count). The molecule has 0 spiro atoms. The number of hydrogen-bond donors (Lipinski definition) is 0. The normalized spacial score (nSPS) is 18.5. The minimum absolute atomic E-state index is 0.0968. The van der Waals surface area contributed by atoms with Crippen molar-refractivity contribution in [3.63, 3.8) is 0 Å². The number of carbonyl (C=O) groups is 2. The van der Waals surface area contributed by atoms with Crippen LogP contribution in [0.25, 0.3) is 11.1 Å². The van der Waals surface area contributed by atoms with Crippen LogP contribution in [0, 0.1) is 32.5 Å². The van der Waals surface area contributed by atoms with Crippen molar-refractivity contribution < 1.29 is 18.4 Å². The summed E-state index contributed by atoms with van der Waals surface area (Å²) in [5.41, 5.74) is 6.26. The zero-order chi connectivity index (χ0) is 30.0. The fourth-order valence-electron chi connectivity index (χ4n) is 5.02. The molecule has 0 N–H and O–H groups in total. The van der Waals surface area contributed by atoms with E-state index in [-0.39, 0.29) is 33.2 Å². The van der Waals surface area contributed by atoms with Crippen molar-refractivity contribution in [2.75, 3.05) is 0 Å². The van der Waals surface area contributed by atoms with Gasteiger partial charge in [0.25, 0.3) is 0 Å². The summed E-state index contributed by atoms with van der Waals surface area (Å²) >= 11 is 0. The molecule has 0 saturated carbocycles. The number of carbonyl (C=O) groups excluding carboxylic acids is 2. The molecule has 0 bridgehead atoms. The second-order valence-corrected chi connectivity index (χ2v) is 15.1. The molecule has 2 aliphatic carbocycles. The van der Waals surface area contributed by atoms with E-state index in [4.69, 9.17) is 8.83 Å². The van der Waals surface area contributed by atoms with Crippen LogP contribution < -0.4 is 10.8 Å². The number of Topliss-reactive ketones (excluding diaryl/α,β-unsaturated/α-hetero) is 2. The Hall–Kier alpha value is -3.40. The van der Waals surface area contributed by atoms with E-state index in [1.54, 1.807) is 0 Å². The molecule has 2 aromatic rings. The van der Waals surface area contributed by atoms with E-state index in [0.29, 0.717) is 21.7 Å². The summed E-state index contributed by atoms with van der Waals surface area (Å²) in [5.74, 6) is 0.194. The maximum Gasteiger partial charge on any atom is 0.186 e. The minimum atomic E-state index is -0.296. The molecule has 0 atom stereocenters. The summed E-state index contributed by atoms with van der Waals surface area (Å²) in [7, 11) is 0. The Labute approximate surface area is 238 Å². The molecule has 0 saturated heterocycles. The number of allylic oxidation sites excluding steroid dienone is 8. The third-order valence-electron chi connectivity index (χ3n) is 7.43. The molecular formula is C36H44O4. The van der Waals surface area contributed by atoms with Gasteiger partial charge in [-0.2, -0.15) is 0 Å². The molecule has 0 radical (unpaired) electrons. The van der Waals surface area contributed by atoms with Crippen molar-refractivity contribution in [1.82, 2.24) is 0 Å².